The topological polar surface area (TPSA) is 84.9 Å². The molecule has 2 aromatic carbocycles. The molecule has 142 valence electrons. The Hall–Kier alpha value is -3.02. The number of fused-ring (bicyclic) bond motifs is 1. The lowest BCUT2D eigenvalue weighted by molar-refractivity contribution is -0.139. The van der Waals surface area contributed by atoms with Crippen LogP contribution in [0.4, 0.5) is 0 Å². The molecule has 0 radical (unpaired) electrons. The number of carboxylic acids is 1. The summed E-state index contributed by atoms with van der Waals surface area (Å²) in [6.07, 6.45) is 1.68. The van der Waals surface area contributed by atoms with Crippen molar-refractivity contribution < 1.29 is 24.2 Å². The van der Waals surface area contributed by atoms with Crippen molar-refractivity contribution in [2.75, 3.05) is 19.8 Å². The molecule has 2 aromatic rings. The molecule has 27 heavy (non-hydrogen) atoms. The second-order valence-electron chi connectivity index (χ2n) is 6.67. The fourth-order valence-corrected chi connectivity index (χ4v) is 3.26. The molecule has 1 amide bonds. The molecule has 0 saturated heterocycles. The Labute approximate surface area is 158 Å². The minimum Gasteiger partial charge on any atom is -0.493 e. The zero-order valence-electron chi connectivity index (χ0n) is 15.5. The monoisotopic (exact) mass is 369 g/mol. The second-order valence-corrected chi connectivity index (χ2v) is 6.67. The first-order valence-corrected chi connectivity index (χ1v) is 8.92. The van der Waals surface area contributed by atoms with Gasteiger partial charge in [-0.3, -0.25) is 4.79 Å². The Morgan fingerprint density at radius 1 is 1.19 bits per heavy atom. The molecular formula is C21H23NO5. The largest absolute Gasteiger partial charge is 0.493 e. The summed E-state index contributed by atoms with van der Waals surface area (Å²) in [5.74, 6) is 0.275. The summed E-state index contributed by atoms with van der Waals surface area (Å²) in [6, 6.07) is 9.58. The third kappa shape index (κ3) is 4.58. The number of aliphatic carboxylic acids is 1. The highest BCUT2D eigenvalue weighted by atomic mass is 16.5. The number of ether oxygens (including phenoxy) is 2. The molecule has 0 fully saturated rings. The quantitative estimate of drug-likeness (QED) is 0.784. The Morgan fingerprint density at radius 3 is 2.63 bits per heavy atom. The summed E-state index contributed by atoms with van der Waals surface area (Å²) >= 11 is 0. The number of hydrogen-bond donors (Lipinski definition) is 2. The zero-order chi connectivity index (χ0) is 19.4. The number of benzene rings is 2. The molecule has 0 bridgehead atoms. The molecular weight excluding hydrogens is 346 g/mol. The number of rotatable bonds is 7. The Kier molecular flexibility index (Phi) is 5.64. The van der Waals surface area contributed by atoms with Crippen LogP contribution >= 0.6 is 0 Å². The molecule has 1 heterocycles. The predicted molar refractivity (Wildman–Crippen MR) is 101 cm³/mol. The number of carbonyl (C=O) groups excluding carboxylic acids is 1. The molecule has 6 heteroatoms. The Balaban J connectivity index is 1.58. The summed E-state index contributed by atoms with van der Waals surface area (Å²) < 4.78 is 10.8. The minimum atomic E-state index is -1.03. The molecule has 6 nitrogen and oxygen atoms in total. The van der Waals surface area contributed by atoms with E-state index in [2.05, 4.69) is 11.4 Å². The maximum atomic E-state index is 12.4. The van der Waals surface area contributed by atoms with Gasteiger partial charge in [-0.15, -0.1) is 0 Å². The molecule has 1 aliphatic rings. The van der Waals surface area contributed by atoms with Gasteiger partial charge in [-0.1, -0.05) is 12.1 Å². The van der Waals surface area contributed by atoms with Gasteiger partial charge in [0.05, 0.1) is 6.61 Å². The van der Waals surface area contributed by atoms with Crippen molar-refractivity contribution >= 4 is 11.9 Å². The van der Waals surface area contributed by atoms with E-state index in [-0.39, 0.29) is 5.91 Å². The fourth-order valence-electron chi connectivity index (χ4n) is 3.26. The molecule has 0 aliphatic carbocycles. The molecule has 0 atom stereocenters. The summed E-state index contributed by atoms with van der Waals surface area (Å²) in [5.41, 5.74) is 4.40. The van der Waals surface area contributed by atoms with E-state index in [1.807, 2.05) is 12.1 Å². The highest BCUT2D eigenvalue weighted by Gasteiger charge is 2.14. The van der Waals surface area contributed by atoms with Crippen LogP contribution in [0.1, 0.15) is 32.6 Å². The van der Waals surface area contributed by atoms with Gasteiger partial charge >= 0.3 is 5.97 Å². The molecule has 0 aromatic heterocycles. The molecule has 0 unspecified atom stereocenters. The number of amides is 1. The maximum Gasteiger partial charge on any atom is 0.341 e. The standard InChI is InChI=1S/C21H23NO5/c1-13-9-17(10-14(2)20(13)27-12-19(23)24)21(25)22-7-5-15-3-4-18-16(11-15)6-8-26-18/h3-4,9-11H,5-8,12H2,1-2H3,(H,22,25)(H,23,24). The third-order valence-electron chi connectivity index (χ3n) is 4.52. The van der Waals surface area contributed by atoms with Crippen molar-refractivity contribution in [2.45, 2.75) is 26.7 Å². The van der Waals surface area contributed by atoms with Gasteiger partial charge in [-0.25, -0.2) is 4.79 Å². The van der Waals surface area contributed by atoms with Crippen LogP contribution in [0, 0.1) is 13.8 Å². The smallest absolute Gasteiger partial charge is 0.341 e. The van der Waals surface area contributed by atoms with E-state index in [1.165, 1.54) is 11.1 Å². The number of carbonyl (C=O) groups is 2. The minimum absolute atomic E-state index is 0.157. The highest BCUT2D eigenvalue weighted by Crippen LogP contribution is 2.26. The van der Waals surface area contributed by atoms with Crippen LogP contribution in [0.2, 0.25) is 0 Å². The predicted octanol–water partition coefficient (Wildman–Crippen LogP) is 2.67. The molecule has 0 saturated carbocycles. The molecule has 2 N–H and O–H groups in total. The van der Waals surface area contributed by atoms with Crippen molar-refractivity contribution in [3.8, 4) is 11.5 Å². The Morgan fingerprint density at radius 2 is 1.93 bits per heavy atom. The van der Waals surface area contributed by atoms with Gasteiger partial charge in [0.15, 0.2) is 6.61 Å². The number of aryl methyl sites for hydroxylation is 2. The van der Waals surface area contributed by atoms with Gasteiger partial charge in [-0.05, 0) is 60.7 Å². The van der Waals surface area contributed by atoms with E-state index in [1.54, 1.807) is 26.0 Å². The van der Waals surface area contributed by atoms with E-state index in [9.17, 15) is 9.59 Å². The SMILES string of the molecule is Cc1cc(C(=O)NCCc2ccc3c(c2)CCO3)cc(C)c1OCC(=O)O. The number of hydrogen-bond acceptors (Lipinski definition) is 4. The van der Waals surface area contributed by atoms with Crippen LogP contribution in [0.15, 0.2) is 30.3 Å². The highest BCUT2D eigenvalue weighted by molar-refractivity contribution is 5.94. The van der Waals surface area contributed by atoms with Gasteiger partial charge in [0.1, 0.15) is 11.5 Å². The average Bonchev–Trinajstić information content (AvgIpc) is 3.08. The van der Waals surface area contributed by atoms with E-state index in [0.29, 0.717) is 17.9 Å². The Bertz CT molecular complexity index is 852. The first-order chi connectivity index (χ1) is 12.9. The molecule has 1 aliphatic heterocycles. The van der Waals surface area contributed by atoms with Crippen LogP contribution in [-0.2, 0) is 17.6 Å². The first-order valence-electron chi connectivity index (χ1n) is 8.92. The van der Waals surface area contributed by atoms with E-state index >= 15 is 0 Å². The van der Waals surface area contributed by atoms with Crippen molar-refractivity contribution in [3.63, 3.8) is 0 Å². The summed E-state index contributed by atoms with van der Waals surface area (Å²) in [6.45, 7) is 4.47. The van der Waals surface area contributed by atoms with E-state index in [4.69, 9.17) is 14.6 Å². The third-order valence-corrected chi connectivity index (χ3v) is 4.52. The van der Waals surface area contributed by atoms with Crippen LogP contribution in [0.25, 0.3) is 0 Å². The average molecular weight is 369 g/mol. The fraction of sp³-hybridized carbons (Fsp3) is 0.333. The van der Waals surface area contributed by atoms with E-state index in [0.717, 1.165) is 36.3 Å². The zero-order valence-corrected chi connectivity index (χ0v) is 15.5. The summed E-state index contributed by atoms with van der Waals surface area (Å²) in [7, 11) is 0. The maximum absolute atomic E-state index is 12.4. The normalized spacial score (nSPS) is 12.2. The summed E-state index contributed by atoms with van der Waals surface area (Å²) in [4.78, 5) is 23.1. The van der Waals surface area contributed by atoms with Gasteiger partial charge in [0.25, 0.3) is 5.91 Å². The number of carboxylic acid groups (broad SMARTS) is 1. The van der Waals surface area contributed by atoms with Crippen molar-refractivity contribution in [2.24, 2.45) is 0 Å². The lowest BCUT2D eigenvalue weighted by Gasteiger charge is -2.13. The van der Waals surface area contributed by atoms with Crippen LogP contribution < -0.4 is 14.8 Å². The first kappa shape index (κ1) is 18.8. The van der Waals surface area contributed by atoms with Crippen molar-refractivity contribution in [3.05, 3.63) is 58.1 Å². The van der Waals surface area contributed by atoms with Crippen LogP contribution in [0.5, 0.6) is 11.5 Å². The lowest BCUT2D eigenvalue weighted by Crippen LogP contribution is -2.26. The van der Waals surface area contributed by atoms with Gasteiger partial charge in [0, 0.05) is 18.5 Å². The van der Waals surface area contributed by atoms with Gasteiger partial charge in [0.2, 0.25) is 0 Å². The van der Waals surface area contributed by atoms with Crippen LogP contribution in [-0.4, -0.2) is 36.7 Å². The summed E-state index contributed by atoms with van der Waals surface area (Å²) in [5, 5.41) is 11.7. The van der Waals surface area contributed by atoms with Crippen LogP contribution in [0.3, 0.4) is 0 Å². The van der Waals surface area contributed by atoms with Gasteiger partial charge in [-0.2, -0.15) is 0 Å². The number of nitrogens with one attached hydrogen (secondary N) is 1. The molecule has 0 spiro atoms. The van der Waals surface area contributed by atoms with Crippen molar-refractivity contribution in [1.29, 1.82) is 0 Å². The lowest BCUT2D eigenvalue weighted by atomic mass is 10.0. The van der Waals surface area contributed by atoms with Crippen molar-refractivity contribution in [1.82, 2.24) is 5.32 Å². The van der Waals surface area contributed by atoms with E-state index < -0.39 is 12.6 Å². The van der Waals surface area contributed by atoms with Gasteiger partial charge < -0.3 is 19.9 Å². The second kappa shape index (κ2) is 8.12. The molecule has 3 rings (SSSR count).